The molecule has 9 heteroatoms. The van der Waals surface area contributed by atoms with Crippen LogP contribution >= 0.6 is 0 Å². The van der Waals surface area contributed by atoms with E-state index in [0.29, 0.717) is 11.3 Å². The van der Waals surface area contributed by atoms with Crippen LogP contribution in [-0.2, 0) is 20.4 Å². The second-order valence-corrected chi connectivity index (χ2v) is 9.50. The van der Waals surface area contributed by atoms with Crippen LogP contribution in [0.3, 0.4) is 0 Å². The number of ether oxygens (including phenoxy) is 1. The number of nitrogens with zero attached hydrogens (tertiary/aromatic N) is 2. The zero-order chi connectivity index (χ0) is 21.3. The number of piperidine rings is 1. The molecule has 0 unspecified atom stereocenters. The molecule has 0 bridgehead atoms. The number of carbonyl (C=O) groups is 1. The van der Waals surface area contributed by atoms with Crippen LogP contribution in [0.5, 0.6) is 5.75 Å². The normalized spacial score (nSPS) is 17.6. The summed E-state index contributed by atoms with van der Waals surface area (Å²) in [4.78, 5) is 15.3. The van der Waals surface area contributed by atoms with Gasteiger partial charge in [0.2, 0.25) is 10.0 Å². The third-order valence-electron chi connectivity index (χ3n) is 5.10. The van der Waals surface area contributed by atoms with Crippen molar-refractivity contribution in [3.63, 3.8) is 0 Å². The number of carboxylic acid groups (broad SMARTS) is 1. The van der Waals surface area contributed by atoms with E-state index in [0.717, 1.165) is 0 Å². The maximum absolute atomic E-state index is 12.8. The summed E-state index contributed by atoms with van der Waals surface area (Å²) in [7, 11) is -3.64. The third kappa shape index (κ3) is 4.42. The van der Waals surface area contributed by atoms with Crippen LogP contribution in [0, 0.1) is 0 Å². The summed E-state index contributed by atoms with van der Waals surface area (Å²) in [5.74, 6) is -0.772. The van der Waals surface area contributed by atoms with Gasteiger partial charge in [0.25, 0.3) is 0 Å². The van der Waals surface area contributed by atoms with E-state index in [9.17, 15) is 23.4 Å². The zero-order valence-electron chi connectivity index (χ0n) is 16.3. The fourth-order valence-electron chi connectivity index (χ4n) is 3.23. The number of aliphatic carboxylic acids is 1. The van der Waals surface area contributed by atoms with Crippen molar-refractivity contribution < 1.29 is 28.2 Å². The molecule has 1 aliphatic rings. The first kappa shape index (κ1) is 21.2. The molecule has 2 N–H and O–H groups in total. The Morgan fingerprint density at radius 3 is 2.38 bits per heavy atom. The predicted molar refractivity (Wildman–Crippen MR) is 105 cm³/mol. The molecular formula is C20H24N2O6S. The van der Waals surface area contributed by atoms with Crippen molar-refractivity contribution in [3.8, 4) is 5.75 Å². The van der Waals surface area contributed by atoms with Crippen LogP contribution in [0.25, 0.3) is 0 Å². The molecule has 2 aromatic rings. The van der Waals surface area contributed by atoms with Gasteiger partial charge in [-0.15, -0.1) is 0 Å². The lowest BCUT2D eigenvalue weighted by Gasteiger charge is -2.38. The fourth-order valence-corrected chi connectivity index (χ4v) is 4.66. The molecule has 0 radical (unpaired) electrons. The van der Waals surface area contributed by atoms with Crippen molar-refractivity contribution in [3.05, 3.63) is 54.4 Å². The van der Waals surface area contributed by atoms with Crippen molar-refractivity contribution in [2.24, 2.45) is 0 Å². The Morgan fingerprint density at radius 2 is 1.79 bits per heavy atom. The van der Waals surface area contributed by atoms with Crippen LogP contribution in [0.15, 0.2) is 53.7 Å². The molecule has 1 saturated heterocycles. The van der Waals surface area contributed by atoms with Crippen molar-refractivity contribution in [1.82, 2.24) is 9.29 Å². The third-order valence-corrected chi connectivity index (χ3v) is 7.01. The molecule has 0 aliphatic carbocycles. The highest BCUT2D eigenvalue weighted by Gasteiger charge is 2.39. The summed E-state index contributed by atoms with van der Waals surface area (Å²) in [6, 6.07) is 9.54. The monoisotopic (exact) mass is 420 g/mol. The van der Waals surface area contributed by atoms with E-state index in [-0.39, 0.29) is 30.8 Å². The second-order valence-electron chi connectivity index (χ2n) is 7.56. The smallest absolute Gasteiger partial charge is 0.347 e. The zero-order valence-corrected chi connectivity index (χ0v) is 17.1. The lowest BCUT2D eigenvalue weighted by molar-refractivity contribution is -0.152. The van der Waals surface area contributed by atoms with Gasteiger partial charge in [-0.25, -0.2) is 13.2 Å². The van der Waals surface area contributed by atoms with Gasteiger partial charge >= 0.3 is 5.97 Å². The van der Waals surface area contributed by atoms with Gasteiger partial charge in [-0.2, -0.15) is 4.31 Å². The van der Waals surface area contributed by atoms with Gasteiger partial charge in [-0.1, -0.05) is 12.1 Å². The molecule has 8 nitrogen and oxygen atoms in total. The van der Waals surface area contributed by atoms with E-state index in [1.54, 1.807) is 24.3 Å². The first-order valence-corrected chi connectivity index (χ1v) is 10.6. The highest BCUT2D eigenvalue weighted by atomic mass is 32.2. The van der Waals surface area contributed by atoms with E-state index in [4.69, 9.17) is 4.74 Å². The molecule has 3 rings (SSSR count). The average Bonchev–Trinajstić information content (AvgIpc) is 2.69. The summed E-state index contributed by atoms with van der Waals surface area (Å²) in [6.45, 7) is 3.21. The van der Waals surface area contributed by atoms with Gasteiger partial charge in [0, 0.05) is 25.5 Å². The van der Waals surface area contributed by atoms with Crippen LogP contribution < -0.4 is 4.74 Å². The Hall–Kier alpha value is -2.49. The van der Waals surface area contributed by atoms with Crippen LogP contribution in [0.4, 0.5) is 0 Å². The van der Waals surface area contributed by atoms with E-state index in [1.807, 2.05) is 0 Å². The summed E-state index contributed by atoms with van der Waals surface area (Å²) in [5, 5.41) is 20.4. The Morgan fingerprint density at radius 1 is 1.17 bits per heavy atom. The number of rotatable bonds is 6. The van der Waals surface area contributed by atoms with Gasteiger partial charge in [0.1, 0.15) is 5.75 Å². The van der Waals surface area contributed by atoms with Gasteiger partial charge in [-0.3, -0.25) is 4.98 Å². The van der Waals surface area contributed by atoms with Crippen LogP contribution in [0.1, 0.15) is 32.3 Å². The molecule has 1 fully saturated rings. The quantitative estimate of drug-likeness (QED) is 0.734. The van der Waals surface area contributed by atoms with Gasteiger partial charge < -0.3 is 14.9 Å². The number of pyridine rings is 1. The molecule has 0 atom stereocenters. The SMILES string of the molecule is CC(C)(Oc1cccc(C2(O)CCN(S(=O)(=O)c3ccncc3)CC2)c1)C(=O)O. The lowest BCUT2D eigenvalue weighted by Crippen LogP contribution is -2.45. The van der Waals surface area contributed by atoms with Crippen LogP contribution in [-0.4, -0.2) is 52.6 Å². The van der Waals surface area contributed by atoms with E-state index in [1.165, 1.54) is 42.7 Å². The molecule has 0 spiro atoms. The Labute approximate surface area is 169 Å². The fraction of sp³-hybridized carbons (Fsp3) is 0.400. The molecule has 1 aromatic carbocycles. The molecule has 29 heavy (non-hydrogen) atoms. The average molecular weight is 420 g/mol. The van der Waals surface area contributed by atoms with Crippen molar-refractivity contribution in [2.45, 2.75) is 42.8 Å². The van der Waals surface area contributed by atoms with Crippen molar-refractivity contribution >= 4 is 16.0 Å². The number of hydrogen-bond acceptors (Lipinski definition) is 6. The number of aliphatic hydroxyl groups is 1. The minimum absolute atomic E-state index is 0.160. The highest BCUT2D eigenvalue weighted by molar-refractivity contribution is 7.89. The van der Waals surface area contributed by atoms with E-state index < -0.39 is 27.2 Å². The maximum Gasteiger partial charge on any atom is 0.347 e. The first-order chi connectivity index (χ1) is 13.5. The second kappa shape index (κ2) is 7.74. The number of benzene rings is 1. The number of aromatic nitrogens is 1. The summed E-state index contributed by atoms with van der Waals surface area (Å²) in [6.07, 6.45) is 3.28. The number of carboxylic acids is 1. The van der Waals surface area contributed by atoms with Crippen molar-refractivity contribution in [1.29, 1.82) is 0 Å². The largest absolute Gasteiger partial charge is 0.478 e. The molecule has 0 saturated carbocycles. The number of sulfonamides is 1. The standard InChI is InChI=1S/C20H24N2O6S/c1-19(2,18(23)24)28-16-5-3-4-15(14-16)20(25)8-12-22(13-9-20)29(26,27)17-6-10-21-11-7-17/h3-7,10-11,14,25H,8-9,12-13H2,1-2H3,(H,23,24). The topological polar surface area (TPSA) is 117 Å². The molecule has 0 amide bonds. The van der Waals surface area contributed by atoms with Gasteiger partial charge in [-0.05, 0) is 56.5 Å². The van der Waals surface area contributed by atoms with Gasteiger partial charge in [0.05, 0.1) is 10.5 Å². The predicted octanol–water partition coefficient (Wildman–Crippen LogP) is 2.00. The first-order valence-electron chi connectivity index (χ1n) is 9.20. The minimum Gasteiger partial charge on any atom is -0.478 e. The Kier molecular flexibility index (Phi) is 5.66. The summed E-state index contributed by atoms with van der Waals surface area (Å²) in [5.41, 5.74) is -2.07. The lowest BCUT2D eigenvalue weighted by atomic mass is 9.85. The Balaban J connectivity index is 1.76. The van der Waals surface area contributed by atoms with Crippen molar-refractivity contribution in [2.75, 3.05) is 13.1 Å². The van der Waals surface area contributed by atoms with Crippen LogP contribution in [0.2, 0.25) is 0 Å². The van der Waals surface area contributed by atoms with Gasteiger partial charge in [0.15, 0.2) is 5.60 Å². The molecule has 1 aliphatic heterocycles. The molecule has 156 valence electrons. The molecule has 1 aromatic heterocycles. The summed E-state index contributed by atoms with van der Waals surface area (Å²) >= 11 is 0. The minimum atomic E-state index is -3.64. The maximum atomic E-state index is 12.8. The Bertz CT molecular complexity index is 983. The summed E-state index contributed by atoms with van der Waals surface area (Å²) < 4.78 is 32.4. The molecular weight excluding hydrogens is 396 g/mol. The van der Waals surface area contributed by atoms with E-state index in [2.05, 4.69) is 4.98 Å². The number of hydrogen-bond donors (Lipinski definition) is 2. The molecule has 2 heterocycles. The highest BCUT2D eigenvalue weighted by Crippen LogP contribution is 2.36. The van der Waals surface area contributed by atoms with E-state index >= 15 is 0 Å².